The molecule has 0 rings (SSSR count). The number of rotatable bonds is 8. The molecular formula is C9H21N3O3S2. The minimum absolute atomic E-state index is 0.0896. The molecule has 0 fully saturated rings. The van der Waals surface area contributed by atoms with Gasteiger partial charge in [0.2, 0.25) is 15.9 Å². The van der Waals surface area contributed by atoms with E-state index in [9.17, 15) is 13.2 Å². The molecule has 1 amide bonds. The Balaban J connectivity index is 3.93. The van der Waals surface area contributed by atoms with E-state index in [1.54, 1.807) is 11.8 Å². The second-order valence-corrected chi connectivity index (χ2v) is 7.07. The predicted molar refractivity (Wildman–Crippen MR) is 71.5 cm³/mol. The fourth-order valence-corrected chi connectivity index (χ4v) is 2.21. The van der Waals surface area contributed by atoms with Gasteiger partial charge in [0, 0.05) is 20.6 Å². The summed E-state index contributed by atoms with van der Waals surface area (Å²) in [6.07, 6.45) is 2.53. The first-order chi connectivity index (χ1) is 7.81. The number of nitrogens with one attached hydrogen (secondary N) is 1. The van der Waals surface area contributed by atoms with Gasteiger partial charge >= 0.3 is 0 Å². The van der Waals surface area contributed by atoms with Gasteiger partial charge in [-0.15, -0.1) is 0 Å². The van der Waals surface area contributed by atoms with Crippen molar-refractivity contribution in [2.75, 3.05) is 38.4 Å². The third-order valence-electron chi connectivity index (χ3n) is 2.19. The van der Waals surface area contributed by atoms with Crippen molar-refractivity contribution in [2.45, 2.75) is 12.5 Å². The molecule has 0 aliphatic heterocycles. The number of sulfonamides is 1. The molecule has 0 aromatic heterocycles. The Morgan fingerprint density at radius 2 is 2.06 bits per heavy atom. The molecule has 0 heterocycles. The largest absolute Gasteiger partial charge is 0.354 e. The van der Waals surface area contributed by atoms with Crippen LogP contribution in [0.1, 0.15) is 6.42 Å². The van der Waals surface area contributed by atoms with E-state index in [1.807, 2.05) is 6.26 Å². The van der Waals surface area contributed by atoms with Gasteiger partial charge in [0.1, 0.15) is 0 Å². The van der Waals surface area contributed by atoms with Crippen molar-refractivity contribution in [2.24, 2.45) is 5.73 Å². The van der Waals surface area contributed by atoms with Crippen LogP contribution in [0.3, 0.4) is 0 Å². The summed E-state index contributed by atoms with van der Waals surface area (Å²) in [4.78, 5) is 11.5. The number of carbonyl (C=O) groups excluding carboxylic acids is 1. The smallest absolute Gasteiger partial charge is 0.236 e. The molecule has 6 nitrogen and oxygen atoms in total. The summed E-state index contributed by atoms with van der Waals surface area (Å²) in [6.45, 7) is 0.0896. The van der Waals surface area contributed by atoms with E-state index in [0.29, 0.717) is 6.42 Å². The summed E-state index contributed by atoms with van der Waals surface area (Å²) < 4.78 is 23.9. The van der Waals surface area contributed by atoms with E-state index in [1.165, 1.54) is 14.1 Å². The average molecular weight is 283 g/mol. The SMILES string of the molecule is CSCC[C@H](N)C(=O)NCCS(=O)(=O)N(C)C. The van der Waals surface area contributed by atoms with Crippen LogP contribution < -0.4 is 11.1 Å². The normalized spacial score (nSPS) is 13.7. The number of hydrogen-bond donors (Lipinski definition) is 2. The molecule has 0 saturated carbocycles. The van der Waals surface area contributed by atoms with Crippen LogP contribution in [0, 0.1) is 0 Å². The zero-order valence-electron chi connectivity index (χ0n) is 10.5. The highest BCUT2D eigenvalue weighted by Gasteiger charge is 2.16. The molecule has 0 bridgehead atoms. The molecule has 0 aromatic carbocycles. The highest BCUT2D eigenvalue weighted by atomic mass is 32.2. The Morgan fingerprint density at radius 1 is 1.47 bits per heavy atom. The summed E-state index contributed by atoms with van der Waals surface area (Å²) in [5, 5.41) is 2.52. The number of thioether (sulfide) groups is 1. The summed E-state index contributed by atoms with van der Waals surface area (Å²) in [6, 6.07) is -0.565. The maximum atomic E-state index is 11.5. The number of hydrogen-bond acceptors (Lipinski definition) is 5. The van der Waals surface area contributed by atoms with Gasteiger partial charge in [0.05, 0.1) is 11.8 Å². The molecule has 3 N–H and O–H groups in total. The summed E-state index contributed by atoms with van der Waals surface area (Å²) in [5.74, 6) is 0.402. The number of carbonyl (C=O) groups is 1. The molecule has 0 spiro atoms. The second-order valence-electron chi connectivity index (χ2n) is 3.78. The average Bonchev–Trinajstić information content (AvgIpc) is 2.25. The maximum Gasteiger partial charge on any atom is 0.236 e. The Hall–Kier alpha value is -0.310. The molecule has 8 heteroatoms. The van der Waals surface area contributed by atoms with Crippen molar-refractivity contribution in [1.29, 1.82) is 0 Å². The second kappa shape index (κ2) is 7.91. The quantitative estimate of drug-likeness (QED) is 0.601. The van der Waals surface area contributed by atoms with Crippen LogP contribution in [0.2, 0.25) is 0 Å². The van der Waals surface area contributed by atoms with E-state index in [0.717, 1.165) is 10.1 Å². The fraction of sp³-hybridized carbons (Fsp3) is 0.889. The molecule has 0 aliphatic carbocycles. The lowest BCUT2D eigenvalue weighted by atomic mass is 10.2. The monoisotopic (exact) mass is 283 g/mol. The lowest BCUT2D eigenvalue weighted by molar-refractivity contribution is -0.122. The summed E-state index contributed by atoms with van der Waals surface area (Å²) in [5.41, 5.74) is 5.63. The van der Waals surface area contributed by atoms with Gasteiger partial charge in [-0.05, 0) is 18.4 Å². The summed E-state index contributed by atoms with van der Waals surface area (Å²) in [7, 11) is -0.343. The van der Waals surface area contributed by atoms with Gasteiger partial charge in [0.25, 0.3) is 0 Å². The lowest BCUT2D eigenvalue weighted by Gasteiger charge is -2.13. The van der Waals surface area contributed by atoms with Crippen molar-refractivity contribution in [1.82, 2.24) is 9.62 Å². The number of nitrogens with two attached hydrogens (primary N) is 1. The van der Waals surface area contributed by atoms with Crippen LogP contribution in [-0.4, -0.2) is 63.1 Å². The molecule has 0 radical (unpaired) electrons. The van der Waals surface area contributed by atoms with Crippen LogP contribution in [0.15, 0.2) is 0 Å². The highest BCUT2D eigenvalue weighted by Crippen LogP contribution is 1.98. The lowest BCUT2D eigenvalue weighted by Crippen LogP contribution is -2.43. The molecule has 0 unspecified atom stereocenters. The predicted octanol–water partition coefficient (Wildman–Crippen LogP) is -0.926. The van der Waals surface area contributed by atoms with Gasteiger partial charge < -0.3 is 11.1 Å². The Labute approximate surface area is 107 Å². The maximum absolute atomic E-state index is 11.5. The van der Waals surface area contributed by atoms with E-state index in [2.05, 4.69) is 5.32 Å². The zero-order valence-corrected chi connectivity index (χ0v) is 12.1. The number of nitrogens with zero attached hydrogens (tertiary/aromatic N) is 1. The Morgan fingerprint density at radius 3 is 2.53 bits per heavy atom. The first-order valence-corrected chi connectivity index (χ1v) is 8.24. The summed E-state index contributed by atoms with van der Waals surface area (Å²) >= 11 is 1.62. The topological polar surface area (TPSA) is 92.5 Å². The Bertz CT molecular complexity index is 330. The highest BCUT2D eigenvalue weighted by molar-refractivity contribution is 7.98. The van der Waals surface area contributed by atoms with Gasteiger partial charge in [-0.3, -0.25) is 4.79 Å². The number of amides is 1. The van der Waals surface area contributed by atoms with Crippen LogP contribution >= 0.6 is 11.8 Å². The first-order valence-electron chi connectivity index (χ1n) is 5.23. The van der Waals surface area contributed by atoms with Crippen LogP contribution in [-0.2, 0) is 14.8 Å². The molecule has 1 atom stereocenters. The first kappa shape index (κ1) is 16.7. The molecule has 0 aliphatic rings. The van der Waals surface area contributed by atoms with Crippen molar-refractivity contribution in [3.63, 3.8) is 0 Å². The van der Waals surface area contributed by atoms with Crippen molar-refractivity contribution in [3.05, 3.63) is 0 Å². The molecule has 0 aromatic rings. The third kappa shape index (κ3) is 6.87. The van der Waals surface area contributed by atoms with Gasteiger partial charge in [0.15, 0.2) is 0 Å². The van der Waals surface area contributed by atoms with E-state index < -0.39 is 16.1 Å². The third-order valence-corrected chi connectivity index (χ3v) is 4.66. The molecule has 0 saturated heterocycles. The molecular weight excluding hydrogens is 262 g/mol. The van der Waals surface area contributed by atoms with Crippen molar-refractivity contribution in [3.8, 4) is 0 Å². The van der Waals surface area contributed by atoms with Crippen molar-refractivity contribution >= 4 is 27.7 Å². The zero-order chi connectivity index (χ0) is 13.5. The molecule has 102 valence electrons. The van der Waals surface area contributed by atoms with Crippen LogP contribution in [0.4, 0.5) is 0 Å². The minimum atomic E-state index is -3.26. The van der Waals surface area contributed by atoms with E-state index in [4.69, 9.17) is 5.73 Å². The van der Waals surface area contributed by atoms with E-state index in [-0.39, 0.29) is 18.2 Å². The van der Waals surface area contributed by atoms with Crippen LogP contribution in [0.25, 0.3) is 0 Å². The van der Waals surface area contributed by atoms with Crippen molar-refractivity contribution < 1.29 is 13.2 Å². The van der Waals surface area contributed by atoms with E-state index >= 15 is 0 Å². The fourth-order valence-electron chi connectivity index (χ4n) is 0.993. The Kier molecular flexibility index (Phi) is 7.77. The standard InChI is InChI=1S/C9H21N3O3S2/c1-12(2)17(14,15)7-5-11-9(13)8(10)4-6-16-3/h8H,4-7,10H2,1-3H3,(H,11,13)/t8-/m0/s1. The van der Waals surface area contributed by atoms with Gasteiger partial charge in [-0.25, -0.2) is 12.7 Å². The molecule has 17 heavy (non-hydrogen) atoms. The minimum Gasteiger partial charge on any atom is -0.354 e. The van der Waals surface area contributed by atoms with Gasteiger partial charge in [-0.1, -0.05) is 0 Å². The van der Waals surface area contributed by atoms with Gasteiger partial charge in [-0.2, -0.15) is 11.8 Å². The van der Waals surface area contributed by atoms with Crippen LogP contribution in [0.5, 0.6) is 0 Å².